The van der Waals surface area contributed by atoms with Crippen molar-refractivity contribution in [3.05, 3.63) is 51.9 Å². The highest BCUT2D eigenvalue weighted by atomic mass is 16.5. The van der Waals surface area contributed by atoms with Crippen LogP contribution in [-0.4, -0.2) is 19.8 Å². The molecule has 0 amide bonds. The van der Waals surface area contributed by atoms with Crippen LogP contribution in [0.5, 0.6) is 17.2 Å². The van der Waals surface area contributed by atoms with Crippen molar-refractivity contribution in [2.75, 3.05) is 19.8 Å². The van der Waals surface area contributed by atoms with E-state index in [9.17, 15) is 4.79 Å². The first-order valence-corrected chi connectivity index (χ1v) is 17.7. The molecule has 1 aromatic carbocycles. The highest BCUT2D eigenvalue weighted by Gasteiger charge is 2.20. The summed E-state index contributed by atoms with van der Waals surface area (Å²) in [7, 11) is 0. The Morgan fingerprint density at radius 1 is 0.682 bits per heavy atom. The van der Waals surface area contributed by atoms with Crippen molar-refractivity contribution in [3.63, 3.8) is 0 Å². The topological polar surface area (TPSA) is 57.9 Å². The minimum Gasteiger partial charge on any atom is -0.490 e. The fourth-order valence-electron chi connectivity index (χ4n) is 5.32. The third-order valence-corrected chi connectivity index (χ3v) is 8.06. The molecule has 0 aliphatic heterocycles. The molecule has 0 bridgehead atoms. The van der Waals surface area contributed by atoms with E-state index in [0.29, 0.717) is 36.9 Å². The zero-order valence-electron chi connectivity index (χ0n) is 28.8. The number of benzene rings is 1. The summed E-state index contributed by atoms with van der Waals surface area (Å²) in [5.74, 6) is 1.19. The molecular weight excluding hydrogens is 548 g/mol. The molecule has 0 aliphatic rings. The van der Waals surface area contributed by atoms with Crippen molar-refractivity contribution in [1.82, 2.24) is 0 Å². The van der Waals surface area contributed by atoms with Crippen molar-refractivity contribution in [3.8, 4) is 17.2 Å². The van der Waals surface area contributed by atoms with Gasteiger partial charge in [0.15, 0.2) is 17.1 Å². The van der Waals surface area contributed by atoms with Crippen LogP contribution in [0, 0.1) is 0 Å². The van der Waals surface area contributed by atoms with Gasteiger partial charge in [-0.15, -0.1) is 0 Å². The SMILES string of the molecule is CCCCCCCCCCOc1c(OCC=C(C)CCC=C(C)C)c(=O)oc2c(OCCCCCCCCCC)cccc12. The number of hydrogen-bond acceptors (Lipinski definition) is 5. The molecule has 1 aromatic heterocycles. The average molecular weight is 611 g/mol. The van der Waals surface area contributed by atoms with E-state index in [1.165, 1.54) is 88.2 Å². The maximum Gasteiger partial charge on any atom is 0.383 e. The van der Waals surface area contributed by atoms with Gasteiger partial charge >= 0.3 is 5.63 Å². The second-order valence-corrected chi connectivity index (χ2v) is 12.5. The summed E-state index contributed by atoms with van der Waals surface area (Å²) in [5.41, 5.74) is 2.46. The first-order chi connectivity index (χ1) is 21.5. The van der Waals surface area contributed by atoms with Crippen molar-refractivity contribution in [2.45, 2.75) is 150 Å². The third-order valence-electron chi connectivity index (χ3n) is 8.06. The molecule has 0 atom stereocenters. The first kappa shape index (κ1) is 37.5. The molecule has 0 unspecified atom stereocenters. The van der Waals surface area contributed by atoms with Gasteiger partial charge in [-0.25, -0.2) is 4.79 Å². The van der Waals surface area contributed by atoms with E-state index in [0.717, 1.165) is 43.9 Å². The van der Waals surface area contributed by atoms with E-state index in [1.54, 1.807) is 0 Å². The zero-order valence-corrected chi connectivity index (χ0v) is 28.8. The van der Waals surface area contributed by atoms with Gasteiger partial charge in [0.1, 0.15) is 6.61 Å². The number of rotatable bonds is 26. The van der Waals surface area contributed by atoms with Crippen molar-refractivity contribution >= 4 is 11.0 Å². The Balaban J connectivity index is 2.08. The van der Waals surface area contributed by atoms with Crippen LogP contribution in [0.3, 0.4) is 0 Å². The van der Waals surface area contributed by atoms with E-state index >= 15 is 0 Å². The van der Waals surface area contributed by atoms with E-state index in [1.807, 2.05) is 24.3 Å². The molecule has 0 spiro atoms. The molecule has 1 heterocycles. The number of hydrogen-bond donors (Lipinski definition) is 0. The molecule has 0 N–H and O–H groups in total. The van der Waals surface area contributed by atoms with Gasteiger partial charge in [0.2, 0.25) is 5.75 Å². The zero-order chi connectivity index (χ0) is 31.8. The van der Waals surface area contributed by atoms with Crippen LogP contribution >= 0.6 is 0 Å². The van der Waals surface area contributed by atoms with Gasteiger partial charge in [-0.1, -0.05) is 127 Å². The van der Waals surface area contributed by atoms with Crippen molar-refractivity contribution in [2.24, 2.45) is 0 Å². The summed E-state index contributed by atoms with van der Waals surface area (Å²) in [5, 5.41) is 0.719. The van der Waals surface area contributed by atoms with Gasteiger partial charge in [-0.05, 0) is 64.7 Å². The number of ether oxygens (including phenoxy) is 3. The minimum atomic E-state index is -0.526. The predicted molar refractivity (Wildman–Crippen MR) is 187 cm³/mol. The van der Waals surface area contributed by atoms with Crippen molar-refractivity contribution < 1.29 is 18.6 Å². The second-order valence-electron chi connectivity index (χ2n) is 12.5. The fraction of sp³-hybridized carbons (Fsp3) is 0.667. The second kappa shape index (κ2) is 23.7. The largest absolute Gasteiger partial charge is 0.490 e. The van der Waals surface area contributed by atoms with E-state index in [4.69, 9.17) is 18.6 Å². The lowest BCUT2D eigenvalue weighted by Gasteiger charge is -2.15. The van der Waals surface area contributed by atoms with Crippen LogP contribution in [0.25, 0.3) is 11.0 Å². The first-order valence-electron chi connectivity index (χ1n) is 17.7. The Morgan fingerprint density at radius 3 is 1.84 bits per heavy atom. The lowest BCUT2D eigenvalue weighted by atomic mass is 10.1. The summed E-state index contributed by atoms with van der Waals surface area (Å²) in [6, 6.07) is 5.74. The molecule has 0 fully saturated rings. The number of para-hydroxylation sites is 1. The van der Waals surface area contributed by atoms with Crippen molar-refractivity contribution in [1.29, 1.82) is 0 Å². The third kappa shape index (κ3) is 15.3. The standard InChI is InChI=1S/C39H62O5/c1-6-8-10-12-14-16-18-20-29-41-35-27-23-26-34-36(35)44-39(40)38(43-31-28-33(5)25-22-24-32(3)4)37(34)42-30-21-19-17-15-13-11-9-7-2/h23-24,26-28H,6-22,25,29-31H2,1-5H3. The quantitative estimate of drug-likeness (QED) is 0.0602. The van der Waals surface area contributed by atoms with Gasteiger partial charge < -0.3 is 18.6 Å². The molecule has 248 valence electrons. The molecule has 0 aliphatic carbocycles. The molecule has 44 heavy (non-hydrogen) atoms. The lowest BCUT2D eigenvalue weighted by Crippen LogP contribution is -2.12. The van der Waals surface area contributed by atoms with Crippen LogP contribution in [-0.2, 0) is 0 Å². The molecule has 0 radical (unpaired) electrons. The Kier molecular flexibility index (Phi) is 20.2. The van der Waals surface area contributed by atoms with Crippen LogP contribution in [0.4, 0.5) is 0 Å². The van der Waals surface area contributed by atoms with E-state index in [-0.39, 0.29) is 5.75 Å². The van der Waals surface area contributed by atoms with Crippen LogP contribution in [0.2, 0.25) is 0 Å². The summed E-state index contributed by atoms with van der Waals surface area (Å²) in [6.07, 6.45) is 25.9. The highest BCUT2D eigenvalue weighted by Crippen LogP contribution is 2.37. The smallest absolute Gasteiger partial charge is 0.383 e. The van der Waals surface area contributed by atoms with E-state index in [2.05, 4.69) is 40.7 Å². The molecule has 0 saturated carbocycles. The summed E-state index contributed by atoms with van der Waals surface area (Å²) in [6.45, 7) is 12.2. The normalized spacial score (nSPS) is 11.6. The van der Waals surface area contributed by atoms with Gasteiger partial charge in [-0.3, -0.25) is 0 Å². The number of allylic oxidation sites excluding steroid dienone is 3. The Hall–Kier alpha value is -2.69. The van der Waals surface area contributed by atoms with Gasteiger partial charge in [-0.2, -0.15) is 0 Å². The molecule has 2 rings (SSSR count). The molecule has 5 nitrogen and oxygen atoms in total. The predicted octanol–water partition coefficient (Wildman–Crippen LogP) is 11.9. The Morgan fingerprint density at radius 2 is 1.25 bits per heavy atom. The average Bonchev–Trinajstić information content (AvgIpc) is 3.00. The van der Waals surface area contributed by atoms with Crippen LogP contribution < -0.4 is 19.8 Å². The lowest BCUT2D eigenvalue weighted by molar-refractivity contribution is 0.267. The summed E-state index contributed by atoms with van der Waals surface area (Å²) in [4.78, 5) is 13.3. The van der Waals surface area contributed by atoms with Gasteiger partial charge in [0.25, 0.3) is 0 Å². The number of unbranched alkanes of at least 4 members (excludes halogenated alkanes) is 14. The van der Waals surface area contributed by atoms with Crippen LogP contribution in [0.1, 0.15) is 150 Å². The monoisotopic (exact) mass is 610 g/mol. The Bertz CT molecular complexity index is 1160. The number of fused-ring (bicyclic) bond motifs is 1. The van der Waals surface area contributed by atoms with Crippen LogP contribution in [0.15, 0.2) is 50.7 Å². The summed E-state index contributed by atoms with van der Waals surface area (Å²) >= 11 is 0. The maximum atomic E-state index is 13.3. The molecule has 5 heteroatoms. The van der Waals surface area contributed by atoms with E-state index < -0.39 is 5.63 Å². The maximum absolute atomic E-state index is 13.3. The van der Waals surface area contributed by atoms with Gasteiger partial charge in [0.05, 0.1) is 18.6 Å². The summed E-state index contributed by atoms with van der Waals surface area (Å²) < 4.78 is 24.3. The molecular formula is C39H62O5. The molecule has 2 aromatic rings. The molecule has 0 saturated heterocycles. The Labute approximate surface area is 268 Å². The van der Waals surface area contributed by atoms with Gasteiger partial charge in [0, 0.05) is 0 Å². The minimum absolute atomic E-state index is 0.144. The highest BCUT2D eigenvalue weighted by molar-refractivity contribution is 5.89. The fourth-order valence-corrected chi connectivity index (χ4v) is 5.32.